The first-order valence-corrected chi connectivity index (χ1v) is 9.29. The van der Waals surface area contributed by atoms with Crippen LogP contribution in [0.2, 0.25) is 0 Å². The largest absolute Gasteiger partial charge is 0.462 e. The molecule has 0 N–H and O–H groups in total. The summed E-state index contributed by atoms with van der Waals surface area (Å²) in [4.78, 5) is 31.3. The molecule has 0 saturated carbocycles. The molecule has 1 fully saturated rings. The van der Waals surface area contributed by atoms with Crippen molar-refractivity contribution in [3.05, 3.63) is 59.9 Å². The summed E-state index contributed by atoms with van der Waals surface area (Å²) in [5.74, 6) is -0.454. The molecular formula is C21H21N3O4. The summed E-state index contributed by atoms with van der Waals surface area (Å²) in [7, 11) is 0. The van der Waals surface area contributed by atoms with E-state index in [2.05, 4.69) is 4.98 Å². The fourth-order valence-corrected chi connectivity index (χ4v) is 3.36. The van der Waals surface area contributed by atoms with Gasteiger partial charge < -0.3 is 18.8 Å². The van der Waals surface area contributed by atoms with Crippen LogP contribution in [0, 0.1) is 0 Å². The van der Waals surface area contributed by atoms with E-state index in [9.17, 15) is 9.59 Å². The summed E-state index contributed by atoms with van der Waals surface area (Å²) in [6, 6.07) is 11.0. The van der Waals surface area contributed by atoms with Crippen LogP contribution in [0.1, 0.15) is 27.6 Å². The predicted molar refractivity (Wildman–Crippen MR) is 103 cm³/mol. The lowest BCUT2D eigenvalue weighted by atomic mass is 10.1. The Labute approximate surface area is 162 Å². The van der Waals surface area contributed by atoms with Gasteiger partial charge in [-0.1, -0.05) is 6.07 Å². The lowest BCUT2D eigenvalue weighted by molar-refractivity contribution is 0.0302. The molecule has 0 atom stereocenters. The van der Waals surface area contributed by atoms with Crippen LogP contribution in [0.5, 0.6) is 0 Å². The molecule has 0 unspecified atom stereocenters. The smallest absolute Gasteiger partial charge is 0.340 e. The van der Waals surface area contributed by atoms with Crippen molar-refractivity contribution >= 4 is 17.4 Å². The predicted octanol–water partition coefficient (Wildman–Crippen LogP) is 2.65. The van der Waals surface area contributed by atoms with Crippen LogP contribution < -0.4 is 0 Å². The van der Waals surface area contributed by atoms with Gasteiger partial charge in [0.05, 0.1) is 42.3 Å². The van der Waals surface area contributed by atoms with Crippen LogP contribution in [-0.4, -0.2) is 59.1 Å². The molecule has 0 aromatic carbocycles. The average molecular weight is 379 g/mol. The van der Waals surface area contributed by atoms with E-state index in [-0.39, 0.29) is 5.91 Å². The number of ether oxygens (including phenoxy) is 2. The lowest BCUT2D eigenvalue weighted by Gasteiger charge is -2.26. The maximum atomic E-state index is 12.6. The molecule has 1 saturated heterocycles. The van der Waals surface area contributed by atoms with Crippen LogP contribution in [-0.2, 0) is 9.47 Å². The zero-order chi connectivity index (χ0) is 19.5. The first kappa shape index (κ1) is 18.2. The summed E-state index contributed by atoms with van der Waals surface area (Å²) >= 11 is 0. The van der Waals surface area contributed by atoms with Crippen LogP contribution >= 0.6 is 0 Å². The van der Waals surface area contributed by atoms with Gasteiger partial charge in [-0.25, -0.2) is 4.79 Å². The second kappa shape index (κ2) is 7.82. The third-order valence-electron chi connectivity index (χ3n) is 4.73. The van der Waals surface area contributed by atoms with Gasteiger partial charge in [0.2, 0.25) is 0 Å². The second-order valence-electron chi connectivity index (χ2n) is 6.46. The molecule has 0 spiro atoms. The molecule has 1 amide bonds. The Bertz CT molecular complexity index is 1000. The van der Waals surface area contributed by atoms with E-state index in [1.54, 1.807) is 36.2 Å². The summed E-state index contributed by atoms with van der Waals surface area (Å²) < 4.78 is 12.4. The topological polar surface area (TPSA) is 73.1 Å². The van der Waals surface area contributed by atoms with E-state index >= 15 is 0 Å². The normalized spacial score (nSPS) is 14.2. The summed E-state index contributed by atoms with van der Waals surface area (Å²) in [6.07, 6.45) is 3.44. The van der Waals surface area contributed by atoms with Crippen molar-refractivity contribution in [2.75, 3.05) is 32.9 Å². The van der Waals surface area contributed by atoms with Crippen molar-refractivity contribution in [1.82, 2.24) is 14.3 Å². The van der Waals surface area contributed by atoms with Crippen molar-refractivity contribution in [3.8, 4) is 11.4 Å². The number of pyridine rings is 2. The van der Waals surface area contributed by atoms with Gasteiger partial charge in [0.25, 0.3) is 5.91 Å². The number of carbonyl (C=O) groups excluding carboxylic acids is 2. The highest BCUT2D eigenvalue weighted by Gasteiger charge is 2.22. The minimum absolute atomic E-state index is 0.0621. The van der Waals surface area contributed by atoms with E-state index in [4.69, 9.17) is 9.47 Å². The van der Waals surface area contributed by atoms with Gasteiger partial charge in [-0.3, -0.25) is 9.78 Å². The van der Waals surface area contributed by atoms with Gasteiger partial charge >= 0.3 is 5.97 Å². The molecule has 7 nitrogen and oxygen atoms in total. The first-order valence-electron chi connectivity index (χ1n) is 9.29. The maximum Gasteiger partial charge on any atom is 0.340 e. The summed E-state index contributed by atoms with van der Waals surface area (Å²) in [5, 5.41) is 0. The number of fused-ring (bicyclic) bond motifs is 1. The summed E-state index contributed by atoms with van der Waals surface area (Å²) in [6.45, 7) is 4.34. The van der Waals surface area contributed by atoms with Gasteiger partial charge in [-0.2, -0.15) is 0 Å². The van der Waals surface area contributed by atoms with E-state index in [0.717, 1.165) is 5.52 Å². The highest BCUT2D eigenvalue weighted by Crippen LogP contribution is 2.27. The molecular weight excluding hydrogens is 358 g/mol. The zero-order valence-electron chi connectivity index (χ0n) is 15.6. The SMILES string of the molecule is CCOC(=O)c1cc2ccccn2c1-c1ccc(C(=O)N2CCOCC2)cn1. The quantitative estimate of drug-likeness (QED) is 0.652. The molecule has 28 heavy (non-hydrogen) atoms. The third kappa shape index (κ3) is 3.36. The van der Waals surface area contributed by atoms with Gasteiger partial charge in [0.15, 0.2) is 0 Å². The summed E-state index contributed by atoms with van der Waals surface area (Å²) in [5.41, 5.74) is 3.10. The van der Waals surface area contributed by atoms with Crippen molar-refractivity contribution < 1.29 is 19.1 Å². The van der Waals surface area contributed by atoms with Crippen molar-refractivity contribution in [2.24, 2.45) is 0 Å². The van der Waals surface area contributed by atoms with Gasteiger partial charge in [0, 0.05) is 31.0 Å². The number of aromatic nitrogens is 2. The molecule has 1 aliphatic rings. The Morgan fingerprint density at radius 1 is 1.18 bits per heavy atom. The highest BCUT2D eigenvalue weighted by atomic mass is 16.5. The van der Waals surface area contributed by atoms with Crippen molar-refractivity contribution in [3.63, 3.8) is 0 Å². The molecule has 4 heterocycles. The maximum absolute atomic E-state index is 12.6. The molecule has 1 aliphatic heterocycles. The molecule has 0 bridgehead atoms. The third-order valence-corrected chi connectivity index (χ3v) is 4.73. The monoisotopic (exact) mass is 379 g/mol. The van der Waals surface area contributed by atoms with Crippen LogP contribution in [0.4, 0.5) is 0 Å². The van der Waals surface area contributed by atoms with Gasteiger partial charge in [0.1, 0.15) is 0 Å². The van der Waals surface area contributed by atoms with Crippen molar-refractivity contribution in [2.45, 2.75) is 6.92 Å². The van der Waals surface area contributed by atoms with Crippen LogP contribution in [0.3, 0.4) is 0 Å². The number of rotatable bonds is 4. The van der Waals surface area contributed by atoms with Crippen LogP contribution in [0.25, 0.3) is 16.9 Å². The van der Waals surface area contributed by atoms with Crippen molar-refractivity contribution in [1.29, 1.82) is 0 Å². The van der Waals surface area contributed by atoms with E-state index < -0.39 is 5.97 Å². The van der Waals surface area contributed by atoms with E-state index in [0.29, 0.717) is 55.4 Å². The average Bonchev–Trinajstić information content (AvgIpc) is 3.14. The number of nitrogens with zero attached hydrogens (tertiary/aromatic N) is 3. The Kier molecular flexibility index (Phi) is 5.08. The fourth-order valence-electron chi connectivity index (χ4n) is 3.36. The molecule has 144 valence electrons. The zero-order valence-corrected chi connectivity index (χ0v) is 15.6. The fraction of sp³-hybridized carbons (Fsp3) is 0.286. The molecule has 0 radical (unpaired) electrons. The Balaban J connectivity index is 1.70. The highest BCUT2D eigenvalue weighted by molar-refractivity contribution is 5.99. The number of esters is 1. The number of amides is 1. The minimum Gasteiger partial charge on any atom is -0.462 e. The number of carbonyl (C=O) groups is 2. The van der Waals surface area contributed by atoms with Gasteiger partial charge in [-0.15, -0.1) is 0 Å². The van der Waals surface area contributed by atoms with Gasteiger partial charge in [-0.05, 0) is 37.3 Å². The van der Waals surface area contributed by atoms with E-state index in [1.165, 1.54) is 0 Å². The number of morpholine rings is 1. The first-order chi connectivity index (χ1) is 13.7. The lowest BCUT2D eigenvalue weighted by Crippen LogP contribution is -2.40. The van der Waals surface area contributed by atoms with Crippen LogP contribution in [0.15, 0.2) is 48.8 Å². The molecule has 3 aromatic heterocycles. The molecule has 0 aliphatic carbocycles. The Morgan fingerprint density at radius 2 is 2.00 bits per heavy atom. The second-order valence-corrected chi connectivity index (χ2v) is 6.46. The van der Waals surface area contributed by atoms with E-state index in [1.807, 2.05) is 28.8 Å². The number of hydrogen-bond acceptors (Lipinski definition) is 5. The molecule has 4 rings (SSSR count). The number of hydrogen-bond donors (Lipinski definition) is 0. The standard InChI is InChI=1S/C21H21N3O4/c1-2-28-21(26)17-13-16-5-3-4-8-24(16)19(17)18-7-6-15(14-22-18)20(25)23-9-11-27-12-10-23/h3-8,13-14H,2,9-12H2,1H3. The molecule has 7 heteroatoms. The minimum atomic E-state index is -0.392. The molecule has 3 aromatic rings. The Morgan fingerprint density at radius 3 is 2.71 bits per heavy atom. The Hall–Kier alpha value is -3.19.